The van der Waals surface area contributed by atoms with Gasteiger partial charge in [0.2, 0.25) is 15.0 Å². The van der Waals surface area contributed by atoms with Crippen LogP contribution in [0.25, 0.3) is 0 Å². The molecule has 0 bridgehead atoms. The minimum atomic E-state index is -3.63. The van der Waals surface area contributed by atoms with Gasteiger partial charge in [-0.25, -0.2) is 23.2 Å². The number of rotatable bonds is 8. The second-order valence-corrected chi connectivity index (χ2v) is 16.7. The maximum atomic E-state index is 13.5. The molecule has 256 valence electrons. The van der Waals surface area contributed by atoms with Crippen LogP contribution < -0.4 is 9.64 Å². The van der Waals surface area contributed by atoms with Gasteiger partial charge in [0.25, 0.3) is 0 Å². The lowest BCUT2D eigenvalue weighted by Gasteiger charge is -2.48. The normalized spacial score (nSPS) is 27.5. The molecule has 0 saturated heterocycles. The van der Waals surface area contributed by atoms with Gasteiger partial charge in [-0.05, 0) is 117 Å². The zero-order valence-corrected chi connectivity index (χ0v) is 29.2. The van der Waals surface area contributed by atoms with Crippen molar-refractivity contribution in [2.45, 2.75) is 79.7 Å². The third kappa shape index (κ3) is 6.20. The van der Waals surface area contributed by atoms with Crippen molar-refractivity contribution in [2.75, 3.05) is 38.8 Å². The van der Waals surface area contributed by atoms with Crippen molar-refractivity contribution in [3.8, 4) is 5.75 Å². The summed E-state index contributed by atoms with van der Waals surface area (Å²) in [6, 6.07) is 13.5. The summed E-state index contributed by atoms with van der Waals surface area (Å²) in [6.07, 6.45) is 11.0. The first-order valence-corrected chi connectivity index (χ1v) is 19.1. The van der Waals surface area contributed by atoms with Crippen LogP contribution in [0, 0.1) is 17.8 Å². The molecule has 1 aromatic heterocycles. The van der Waals surface area contributed by atoms with Gasteiger partial charge in [0.05, 0.1) is 36.3 Å². The van der Waals surface area contributed by atoms with Crippen LogP contribution in [0.15, 0.2) is 60.0 Å². The summed E-state index contributed by atoms with van der Waals surface area (Å²) in [5.41, 5.74) is 3.74. The second-order valence-electron chi connectivity index (χ2n) is 14.1. The number of carbonyl (C=O) groups is 1. The summed E-state index contributed by atoms with van der Waals surface area (Å²) < 4.78 is 45.0. The Morgan fingerprint density at radius 3 is 2.67 bits per heavy atom. The van der Waals surface area contributed by atoms with E-state index in [1.807, 2.05) is 18.2 Å². The summed E-state index contributed by atoms with van der Waals surface area (Å²) in [6.45, 7) is 2.07. The third-order valence-electron chi connectivity index (χ3n) is 11.5. The Hall–Kier alpha value is -3.21. The summed E-state index contributed by atoms with van der Waals surface area (Å²) in [5, 5.41) is 0.154. The predicted octanol–water partition coefficient (Wildman–Crippen LogP) is 6.46. The highest BCUT2D eigenvalue weighted by Gasteiger charge is 2.47. The van der Waals surface area contributed by atoms with Gasteiger partial charge in [-0.1, -0.05) is 24.1 Å². The molecule has 0 N–H and O–H groups in total. The maximum Gasteiger partial charge on any atom is 0.337 e. The molecule has 2 unspecified atom stereocenters. The average Bonchev–Trinajstić information content (AvgIpc) is 3.25. The molecule has 2 fully saturated rings. The van der Waals surface area contributed by atoms with Gasteiger partial charge < -0.3 is 19.1 Å². The van der Waals surface area contributed by atoms with Gasteiger partial charge in [0.15, 0.2) is 0 Å². The topological polar surface area (TPSA) is 108 Å². The summed E-state index contributed by atoms with van der Waals surface area (Å²) in [5.74, 6) is 1.15. The molecule has 1 spiro atoms. The zero-order chi connectivity index (χ0) is 33.5. The van der Waals surface area contributed by atoms with Crippen LogP contribution in [0.4, 0.5) is 5.69 Å². The minimum absolute atomic E-state index is 0.0472. The molecule has 0 radical (unpaired) electrons. The van der Waals surface area contributed by atoms with Gasteiger partial charge >= 0.3 is 5.97 Å². The number of esters is 1. The summed E-state index contributed by atoms with van der Waals surface area (Å²) >= 11 is 6.45. The van der Waals surface area contributed by atoms with E-state index in [9.17, 15) is 13.2 Å². The summed E-state index contributed by atoms with van der Waals surface area (Å²) in [7, 11) is -0.452. The molecular weight excluding hydrogens is 650 g/mol. The molecule has 11 heteroatoms. The lowest BCUT2D eigenvalue weighted by Crippen LogP contribution is -2.51. The van der Waals surface area contributed by atoms with E-state index in [0.29, 0.717) is 36.8 Å². The van der Waals surface area contributed by atoms with Crippen molar-refractivity contribution >= 4 is 33.1 Å². The number of nitrogens with zero attached hydrogens (tertiary/aromatic N) is 3. The van der Waals surface area contributed by atoms with Crippen LogP contribution >= 0.6 is 11.6 Å². The Morgan fingerprint density at radius 2 is 1.92 bits per heavy atom. The minimum Gasteiger partial charge on any atom is -0.490 e. The number of methoxy groups -OCH3 is 2. The second kappa shape index (κ2) is 13.6. The molecule has 2 aromatic carbocycles. The van der Waals surface area contributed by atoms with E-state index >= 15 is 0 Å². The molecule has 2 saturated carbocycles. The number of carbonyl (C=O) groups excluding carboxylic acids is 1. The number of sulfone groups is 1. The number of aromatic nitrogens is 2. The average molecular weight is 694 g/mol. The third-order valence-corrected chi connectivity index (χ3v) is 13.7. The van der Waals surface area contributed by atoms with Crippen LogP contribution in [-0.2, 0) is 31.1 Å². The van der Waals surface area contributed by atoms with E-state index in [1.165, 1.54) is 30.6 Å². The van der Waals surface area contributed by atoms with Gasteiger partial charge in [0.1, 0.15) is 5.75 Å². The van der Waals surface area contributed by atoms with E-state index in [0.717, 1.165) is 74.5 Å². The molecule has 3 aromatic rings. The van der Waals surface area contributed by atoms with Crippen LogP contribution in [-0.4, -0.2) is 69.6 Å². The SMILES string of the molecule is COC(=O)c1ccc2c(c1)N(C[C@@H]1CC[C@H]1C(OC)[C@H]1CCC[C@@H](S(=O)(=O)c3ncccn3)C1)CC1(CCCc3cc(Cl)ccc31)CO2. The van der Waals surface area contributed by atoms with Gasteiger partial charge in [-0.3, -0.25) is 0 Å². The molecule has 48 heavy (non-hydrogen) atoms. The van der Waals surface area contributed by atoms with Crippen LogP contribution in [0.1, 0.15) is 72.9 Å². The first-order valence-electron chi connectivity index (χ1n) is 17.1. The van der Waals surface area contributed by atoms with E-state index in [4.69, 9.17) is 25.8 Å². The lowest BCUT2D eigenvalue weighted by atomic mass is 9.65. The lowest BCUT2D eigenvalue weighted by molar-refractivity contribution is -0.0589. The Morgan fingerprint density at radius 1 is 1.08 bits per heavy atom. The molecule has 7 rings (SSSR count). The quantitative estimate of drug-likeness (QED) is 0.194. The molecule has 4 aliphatic rings. The monoisotopic (exact) mass is 693 g/mol. The largest absolute Gasteiger partial charge is 0.490 e. The smallest absolute Gasteiger partial charge is 0.337 e. The highest BCUT2D eigenvalue weighted by Crippen LogP contribution is 2.48. The van der Waals surface area contributed by atoms with Crippen molar-refractivity contribution in [3.05, 3.63) is 76.6 Å². The number of hydrogen-bond acceptors (Lipinski definition) is 9. The van der Waals surface area contributed by atoms with E-state index in [1.54, 1.807) is 19.2 Å². The highest BCUT2D eigenvalue weighted by molar-refractivity contribution is 7.91. The number of hydrogen-bond donors (Lipinski definition) is 0. The standard InChI is InChI=1S/C37H44ClN3O6S/c1-45-34(25-6-3-8-29(19-25)48(43,44)36-39-16-5-17-40-36)30-12-9-27(30)21-41-22-37(15-4-7-24-18-28(38)11-13-31(24)37)23-47-33-14-10-26(20-32(33)41)35(42)46-2/h5,10-11,13-14,16-18,20,25,27,29-30,34H,3-4,6-9,12,15,19,21-23H2,1-2H3/t25-,27-,29+,30+,34?,37?/m0/s1. The molecular formula is C37H44ClN3O6S. The fourth-order valence-electron chi connectivity index (χ4n) is 8.96. The van der Waals surface area contributed by atoms with E-state index in [-0.39, 0.29) is 28.6 Å². The van der Waals surface area contributed by atoms with Crippen molar-refractivity contribution in [1.29, 1.82) is 0 Å². The van der Waals surface area contributed by atoms with Gasteiger partial charge in [0, 0.05) is 43.0 Å². The van der Waals surface area contributed by atoms with Crippen LogP contribution in [0.3, 0.4) is 0 Å². The fraction of sp³-hybridized carbons (Fsp3) is 0.541. The number of ether oxygens (including phenoxy) is 3. The van der Waals surface area contributed by atoms with Crippen LogP contribution in [0.2, 0.25) is 5.02 Å². The number of halogens is 1. The van der Waals surface area contributed by atoms with E-state index in [2.05, 4.69) is 27.0 Å². The van der Waals surface area contributed by atoms with Crippen molar-refractivity contribution in [3.63, 3.8) is 0 Å². The van der Waals surface area contributed by atoms with Gasteiger partial charge in [-0.2, -0.15) is 0 Å². The van der Waals surface area contributed by atoms with Gasteiger partial charge in [-0.15, -0.1) is 0 Å². The Balaban J connectivity index is 1.16. The fourth-order valence-corrected chi connectivity index (χ4v) is 10.8. The Kier molecular flexibility index (Phi) is 9.43. The summed E-state index contributed by atoms with van der Waals surface area (Å²) in [4.78, 5) is 23.2. The molecule has 2 heterocycles. The molecule has 6 atom stereocenters. The number of fused-ring (bicyclic) bond motifs is 3. The van der Waals surface area contributed by atoms with Crippen molar-refractivity contribution < 1.29 is 27.4 Å². The number of benzene rings is 2. The zero-order valence-electron chi connectivity index (χ0n) is 27.6. The number of anilines is 1. The predicted molar refractivity (Wildman–Crippen MR) is 184 cm³/mol. The van der Waals surface area contributed by atoms with Crippen molar-refractivity contribution in [1.82, 2.24) is 9.97 Å². The van der Waals surface area contributed by atoms with E-state index < -0.39 is 15.1 Å². The maximum absolute atomic E-state index is 13.5. The highest BCUT2D eigenvalue weighted by atomic mass is 35.5. The Labute approximate surface area is 288 Å². The van der Waals surface area contributed by atoms with Crippen LogP contribution in [0.5, 0.6) is 5.75 Å². The molecule has 3 aliphatic carbocycles. The first-order chi connectivity index (χ1) is 23.2. The Bertz CT molecular complexity index is 1760. The molecule has 0 amide bonds. The van der Waals surface area contributed by atoms with Crippen molar-refractivity contribution in [2.24, 2.45) is 17.8 Å². The molecule has 1 aliphatic heterocycles. The molecule has 9 nitrogen and oxygen atoms in total. The first kappa shape index (κ1) is 33.3. The number of aryl methyl sites for hydroxylation is 1.